The van der Waals surface area contributed by atoms with Gasteiger partial charge in [-0.25, -0.2) is 4.79 Å². The lowest BCUT2D eigenvalue weighted by atomic mass is 9.94. The fraction of sp³-hybridized carbons (Fsp3) is 0.107. The monoisotopic (exact) mass is 392 g/mol. The first-order valence-corrected chi connectivity index (χ1v) is 10.2. The van der Waals surface area contributed by atoms with Crippen LogP contribution < -0.4 is 0 Å². The van der Waals surface area contributed by atoms with Crippen LogP contribution in [0.1, 0.15) is 35.3 Å². The fourth-order valence-electron chi connectivity index (χ4n) is 3.65. The predicted octanol–water partition coefficient (Wildman–Crippen LogP) is 7.24. The minimum Gasteiger partial charge on any atom is -0.462 e. The molecule has 0 unspecified atom stereocenters. The number of esters is 1. The lowest BCUT2D eigenvalue weighted by Gasteiger charge is -2.10. The van der Waals surface area contributed by atoms with E-state index < -0.39 is 0 Å². The van der Waals surface area contributed by atoms with Crippen LogP contribution in [0.3, 0.4) is 0 Å². The van der Waals surface area contributed by atoms with E-state index in [1.807, 2.05) is 37.3 Å². The largest absolute Gasteiger partial charge is 0.462 e. The molecule has 0 N–H and O–H groups in total. The van der Waals surface area contributed by atoms with Crippen LogP contribution in [-0.4, -0.2) is 12.6 Å². The van der Waals surface area contributed by atoms with E-state index in [9.17, 15) is 4.79 Å². The van der Waals surface area contributed by atoms with Crippen LogP contribution in [0.25, 0.3) is 33.5 Å². The fourth-order valence-corrected chi connectivity index (χ4v) is 3.65. The molecule has 4 aromatic carbocycles. The Kier molecular flexibility index (Phi) is 5.76. The van der Waals surface area contributed by atoms with Gasteiger partial charge < -0.3 is 4.74 Å². The molecular weight excluding hydrogens is 368 g/mol. The molecule has 0 heterocycles. The van der Waals surface area contributed by atoms with E-state index in [4.69, 9.17) is 4.74 Å². The Bertz CT molecular complexity index is 1200. The Labute approximate surface area is 177 Å². The zero-order valence-corrected chi connectivity index (χ0v) is 17.3. The Balaban J connectivity index is 1.68. The highest BCUT2D eigenvalue weighted by Crippen LogP contribution is 2.31. The smallest absolute Gasteiger partial charge is 0.338 e. The van der Waals surface area contributed by atoms with E-state index in [2.05, 4.69) is 73.7 Å². The minimum absolute atomic E-state index is 0.285. The molecule has 0 aromatic heterocycles. The van der Waals surface area contributed by atoms with Crippen molar-refractivity contribution in [2.45, 2.75) is 13.8 Å². The Morgan fingerprint density at radius 1 is 0.833 bits per heavy atom. The minimum atomic E-state index is -0.285. The van der Waals surface area contributed by atoms with Gasteiger partial charge in [0.15, 0.2) is 0 Å². The third kappa shape index (κ3) is 4.18. The van der Waals surface area contributed by atoms with Crippen molar-refractivity contribution in [3.05, 3.63) is 108 Å². The third-order valence-electron chi connectivity index (χ3n) is 5.23. The second kappa shape index (κ2) is 8.79. The van der Waals surface area contributed by atoms with E-state index in [0.717, 1.165) is 5.56 Å². The van der Waals surface area contributed by atoms with Crippen molar-refractivity contribution >= 4 is 28.4 Å². The maximum absolute atomic E-state index is 11.8. The van der Waals surface area contributed by atoms with E-state index in [-0.39, 0.29) is 5.97 Å². The van der Waals surface area contributed by atoms with Crippen LogP contribution in [0.2, 0.25) is 0 Å². The standard InChI is InChI=1S/C28H24O2/c1-3-30-28(29)24-14-12-21(13-15-24)18-20(2)25-17-16-23-10-7-11-26(27(23)19-25)22-8-5-4-6-9-22/h4-19H,3H2,1-2H3/b20-18+. The predicted molar refractivity (Wildman–Crippen MR) is 125 cm³/mol. The Morgan fingerprint density at radius 3 is 2.30 bits per heavy atom. The molecule has 2 nitrogen and oxygen atoms in total. The van der Waals surface area contributed by atoms with Gasteiger partial charge in [0.25, 0.3) is 0 Å². The lowest BCUT2D eigenvalue weighted by molar-refractivity contribution is 0.0526. The number of fused-ring (bicyclic) bond motifs is 1. The highest BCUT2D eigenvalue weighted by Gasteiger charge is 2.07. The van der Waals surface area contributed by atoms with Crippen molar-refractivity contribution in [2.75, 3.05) is 6.61 Å². The van der Waals surface area contributed by atoms with Crippen LogP contribution in [0.5, 0.6) is 0 Å². The quantitative estimate of drug-likeness (QED) is 0.264. The van der Waals surface area contributed by atoms with Gasteiger partial charge in [-0.15, -0.1) is 0 Å². The number of carbonyl (C=O) groups is 1. The summed E-state index contributed by atoms with van der Waals surface area (Å²) in [6.07, 6.45) is 2.14. The molecule has 2 heteroatoms. The number of benzene rings is 4. The van der Waals surface area contributed by atoms with Crippen LogP contribution >= 0.6 is 0 Å². The number of carbonyl (C=O) groups excluding carboxylic acids is 1. The normalized spacial score (nSPS) is 11.5. The maximum atomic E-state index is 11.8. The average molecular weight is 392 g/mol. The van der Waals surface area contributed by atoms with Gasteiger partial charge in [0, 0.05) is 0 Å². The molecular formula is C28H24O2. The van der Waals surface area contributed by atoms with Gasteiger partial charge in [0.05, 0.1) is 12.2 Å². The Hall–Kier alpha value is -3.65. The zero-order chi connectivity index (χ0) is 20.9. The summed E-state index contributed by atoms with van der Waals surface area (Å²) in [5.74, 6) is -0.285. The number of allylic oxidation sites excluding steroid dienone is 1. The van der Waals surface area contributed by atoms with Crippen LogP contribution in [0.4, 0.5) is 0 Å². The van der Waals surface area contributed by atoms with Gasteiger partial charge >= 0.3 is 5.97 Å². The molecule has 0 spiro atoms. The highest BCUT2D eigenvalue weighted by atomic mass is 16.5. The molecule has 30 heavy (non-hydrogen) atoms. The van der Waals surface area contributed by atoms with Gasteiger partial charge in [-0.2, -0.15) is 0 Å². The zero-order valence-electron chi connectivity index (χ0n) is 17.3. The van der Waals surface area contributed by atoms with Crippen LogP contribution in [-0.2, 0) is 4.74 Å². The second-order valence-corrected chi connectivity index (χ2v) is 7.28. The highest BCUT2D eigenvalue weighted by molar-refractivity contribution is 5.99. The lowest BCUT2D eigenvalue weighted by Crippen LogP contribution is -2.03. The second-order valence-electron chi connectivity index (χ2n) is 7.28. The van der Waals surface area contributed by atoms with Crippen LogP contribution in [0.15, 0.2) is 91.0 Å². The van der Waals surface area contributed by atoms with Crippen molar-refractivity contribution in [1.29, 1.82) is 0 Å². The molecule has 0 saturated heterocycles. The molecule has 0 atom stereocenters. The molecule has 0 aliphatic carbocycles. The summed E-state index contributed by atoms with van der Waals surface area (Å²) in [6.45, 7) is 4.31. The van der Waals surface area contributed by atoms with Gasteiger partial charge in [-0.05, 0) is 70.6 Å². The summed E-state index contributed by atoms with van der Waals surface area (Å²) in [4.78, 5) is 11.8. The summed E-state index contributed by atoms with van der Waals surface area (Å²) < 4.78 is 5.05. The third-order valence-corrected chi connectivity index (χ3v) is 5.23. The topological polar surface area (TPSA) is 26.3 Å². The summed E-state index contributed by atoms with van der Waals surface area (Å²) in [5, 5.41) is 2.47. The molecule has 148 valence electrons. The first-order chi connectivity index (χ1) is 14.7. The molecule has 0 saturated carbocycles. The first-order valence-electron chi connectivity index (χ1n) is 10.2. The average Bonchev–Trinajstić information content (AvgIpc) is 2.79. The van der Waals surface area contributed by atoms with E-state index in [1.165, 1.54) is 33.0 Å². The molecule has 0 radical (unpaired) electrons. The number of rotatable bonds is 5. The SMILES string of the molecule is CCOC(=O)c1ccc(/C=C(\C)c2ccc3cccc(-c4ccccc4)c3c2)cc1. The molecule has 0 aliphatic heterocycles. The Morgan fingerprint density at radius 2 is 1.57 bits per heavy atom. The molecule has 4 aromatic rings. The summed E-state index contributed by atoms with van der Waals surface area (Å²) in [7, 11) is 0. The van der Waals surface area contributed by atoms with E-state index in [1.54, 1.807) is 0 Å². The van der Waals surface area contributed by atoms with Crippen LogP contribution in [0, 0.1) is 0 Å². The van der Waals surface area contributed by atoms with Gasteiger partial charge in [-0.3, -0.25) is 0 Å². The summed E-state index contributed by atoms with van der Waals surface area (Å²) in [6, 6.07) is 31.0. The summed E-state index contributed by atoms with van der Waals surface area (Å²) in [5.41, 5.74) is 6.43. The molecule has 0 fully saturated rings. The molecule has 0 aliphatic rings. The van der Waals surface area contributed by atoms with Crippen molar-refractivity contribution in [3.8, 4) is 11.1 Å². The van der Waals surface area contributed by atoms with Crippen molar-refractivity contribution in [1.82, 2.24) is 0 Å². The number of hydrogen-bond donors (Lipinski definition) is 0. The number of hydrogen-bond acceptors (Lipinski definition) is 2. The van der Waals surface area contributed by atoms with Gasteiger partial charge in [-0.1, -0.05) is 78.9 Å². The molecule has 0 bridgehead atoms. The van der Waals surface area contributed by atoms with E-state index >= 15 is 0 Å². The van der Waals surface area contributed by atoms with Crippen molar-refractivity contribution in [3.63, 3.8) is 0 Å². The summed E-state index contributed by atoms with van der Waals surface area (Å²) >= 11 is 0. The van der Waals surface area contributed by atoms with E-state index in [0.29, 0.717) is 12.2 Å². The maximum Gasteiger partial charge on any atom is 0.338 e. The first kappa shape index (κ1) is 19.7. The van der Waals surface area contributed by atoms with Gasteiger partial charge in [0.2, 0.25) is 0 Å². The molecule has 4 rings (SSSR count). The van der Waals surface area contributed by atoms with Crippen molar-refractivity contribution < 1.29 is 9.53 Å². The van der Waals surface area contributed by atoms with Gasteiger partial charge in [0.1, 0.15) is 0 Å². The van der Waals surface area contributed by atoms with Crippen molar-refractivity contribution in [2.24, 2.45) is 0 Å². The number of ether oxygens (including phenoxy) is 1. The molecule has 0 amide bonds.